The quantitative estimate of drug-likeness (QED) is 0.397. The van der Waals surface area contributed by atoms with E-state index in [1.54, 1.807) is 36.1 Å². The highest BCUT2D eigenvalue weighted by Crippen LogP contribution is 2.34. The van der Waals surface area contributed by atoms with Crippen molar-refractivity contribution in [2.45, 2.75) is 19.3 Å². The van der Waals surface area contributed by atoms with Crippen LogP contribution in [0.15, 0.2) is 59.5 Å². The zero-order chi connectivity index (χ0) is 28.6. The van der Waals surface area contributed by atoms with Crippen molar-refractivity contribution in [2.24, 2.45) is 0 Å². The van der Waals surface area contributed by atoms with Crippen LogP contribution >= 0.6 is 0 Å². The van der Waals surface area contributed by atoms with E-state index in [0.29, 0.717) is 41.3 Å². The molecular weight excluding hydrogens is 518 g/mol. The third-order valence-electron chi connectivity index (χ3n) is 7.08. The topological polar surface area (TPSA) is 89.7 Å². The van der Waals surface area contributed by atoms with Crippen molar-refractivity contribution < 1.29 is 23.4 Å². The van der Waals surface area contributed by atoms with Gasteiger partial charge in [-0.05, 0) is 61.4 Å². The lowest BCUT2D eigenvalue weighted by Crippen LogP contribution is -2.50. The van der Waals surface area contributed by atoms with Gasteiger partial charge < -0.3 is 19.5 Å². The summed E-state index contributed by atoms with van der Waals surface area (Å²) >= 11 is 0. The van der Waals surface area contributed by atoms with Gasteiger partial charge in [0.15, 0.2) is 0 Å². The van der Waals surface area contributed by atoms with Crippen LogP contribution in [0.3, 0.4) is 0 Å². The maximum Gasteiger partial charge on any atom is 0.271 e. The van der Waals surface area contributed by atoms with E-state index >= 15 is 0 Å². The second-order valence-electron chi connectivity index (χ2n) is 9.50. The molecular formula is C30H28F2N4O4. The van der Waals surface area contributed by atoms with Crippen LogP contribution in [0.25, 0.3) is 29.5 Å². The number of aliphatic hydroxyl groups is 1. The van der Waals surface area contributed by atoms with Crippen molar-refractivity contribution in [3.05, 3.63) is 98.5 Å². The third kappa shape index (κ3) is 4.66. The summed E-state index contributed by atoms with van der Waals surface area (Å²) in [7, 11) is 2.92. The Balaban J connectivity index is 1.76. The van der Waals surface area contributed by atoms with Crippen molar-refractivity contribution in [1.82, 2.24) is 19.4 Å². The van der Waals surface area contributed by atoms with Gasteiger partial charge >= 0.3 is 0 Å². The smallest absolute Gasteiger partial charge is 0.271 e. The van der Waals surface area contributed by atoms with Gasteiger partial charge in [-0.2, -0.15) is 0 Å². The van der Waals surface area contributed by atoms with Crippen molar-refractivity contribution in [1.29, 1.82) is 0 Å². The highest BCUT2D eigenvalue weighted by molar-refractivity contribution is 5.65. The number of hydrogen-bond donors (Lipinski definition) is 1. The fourth-order valence-corrected chi connectivity index (χ4v) is 5.06. The van der Waals surface area contributed by atoms with Crippen LogP contribution in [0.5, 0.6) is 11.5 Å². The highest BCUT2D eigenvalue weighted by Gasteiger charge is 2.30. The zero-order valence-electron chi connectivity index (χ0n) is 22.3. The summed E-state index contributed by atoms with van der Waals surface area (Å²) in [5.41, 5.74) is 0.741. The van der Waals surface area contributed by atoms with Crippen LogP contribution in [0.1, 0.15) is 23.6 Å². The Bertz CT molecular complexity index is 1750. The number of aryl methyl sites for hydroxylation is 1. The van der Waals surface area contributed by atoms with Gasteiger partial charge in [0.25, 0.3) is 5.56 Å². The molecule has 0 amide bonds. The lowest BCUT2D eigenvalue weighted by molar-refractivity contribution is 0.321. The van der Waals surface area contributed by atoms with E-state index in [1.807, 2.05) is 0 Å². The van der Waals surface area contributed by atoms with Gasteiger partial charge in [-0.15, -0.1) is 0 Å². The zero-order valence-corrected chi connectivity index (χ0v) is 22.3. The van der Waals surface area contributed by atoms with E-state index in [9.17, 15) is 18.7 Å². The summed E-state index contributed by atoms with van der Waals surface area (Å²) < 4.78 is 41.0. The number of ether oxygens (including phenoxy) is 2. The summed E-state index contributed by atoms with van der Waals surface area (Å²) in [6.45, 7) is 6.19. The summed E-state index contributed by atoms with van der Waals surface area (Å²) in [6.07, 6.45) is 2.05. The van der Waals surface area contributed by atoms with Gasteiger partial charge in [-0.1, -0.05) is 12.6 Å². The Morgan fingerprint density at radius 1 is 1.07 bits per heavy atom. The second kappa shape index (κ2) is 10.8. The first-order valence-corrected chi connectivity index (χ1v) is 12.6. The van der Waals surface area contributed by atoms with Gasteiger partial charge in [0.1, 0.15) is 39.9 Å². The van der Waals surface area contributed by atoms with Crippen LogP contribution in [-0.2, 0) is 0 Å². The number of likely N-dealkylation sites (tertiary alicyclic amines) is 1. The normalized spacial score (nSPS) is 15.7. The minimum absolute atomic E-state index is 0.0251. The largest absolute Gasteiger partial charge is 0.494 e. The number of benzene rings is 2. The molecule has 2 aromatic carbocycles. The molecule has 2 aromatic heterocycles. The minimum atomic E-state index is -0.634. The van der Waals surface area contributed by atoms with Crippen LogP contribution < -0.4 is 25.6 Å². The average Bonchev–Trinajstić information content (AvgIpc) is 3.44. The molecule has 1 saturated heterocycles. The summed E-state index contributed by atoms with van der Waals surface area (Å²) in [4.78, 5) is 24.7. The lowest BCUT2D eigenvalue weighted by atomic mass is 10.0. The molecule has 8 nitrogen and oxygen atoms in total. The fraction of sp³-hybridized carbons (Fsp3) is 0.233. The van der Waals surface area contributed by atoms with Gasteiger partial charge in [0.2, 0.25) is 5.88 Å². The molecule has 0 radical (unpaired) electrons. The first kappa shape index (κ1) is 26.9. The number of aliphatic hydroxyl groups excluding tert-OH is 1. The van der Waals surface area contributed by atoms with Crippen molar-refractivity contribution in [3.63, 3.8) is 0 Å². The first-order valence-electron chi connectivity index (χ1n) is 12.6. The molecule has 206 valence electrons. The summed E-state index contributed by atoms with van der Waals surface area (Å²) in [5, 5.41) is 11.3. The Labute approximate surface area is 229 Å². The Kier molecular flexibility index (Phi) is 7.25. The summed E-state index contributed by atoms with van der Waals surface area (Å²) in [6, 6.07) is 12.3. The van der Waals surface area contributed by atoms with Crippen molar-refractivity contribution >= 4 is 12.5 Å². The molecule has 1 unspecified atom stereocenters. The van der Waals surface area contributed by atoms with E-state index in [4.69, 9.17) is 9.47 Å². The van der Waals surface area contributed by atoms with Gasteiger partial charge in [0.05, 0.1) is 25.3 Å². The number of rotatable bonds is 6. The van der Waals surface area contributed by atoms with Crippen LogP contribution in [0, 0.1) is 18.6 Å². The van der Waals surface area contributed by atoms with E-state index < -0.39 is 17.2 Å². The number of aromatic nitrogens is 3. The number of methoxy groups -OCH3 is 2. The van der Waals surface area contributed by atoms with E-state index in [-0.39, 0.29) is 40.4 Å². The summed E-state index contributed by atoms with van der Waals surface area (Å²) in [5.74, 6) is -0.633. The highest BCUT2D eigenvalue weighted by atomic mass is 19.1. The fourth-order valence-electron chi connectivity index (χ4n) is 5.06. The molecule has 0 aliphatic carbocycles. The van der Waals surface area contributed by atoms with E-state index in [0.717, 1.165) is 0 Å². The molecule has 40 heavy (non-hydrogen) atoms. The Hall–Kier alpha value is -4.73. The molecule has 3 heterocycles. The van der Waals surface area contributed by atoms with E-state index in [1.165, 1.54) is 49.2 Å². The van der Waals surface area contributed by atoms with Crippen LogP contribution in [0.2, 0.25) is 0 Å². The standard InChI is InChI=1S/C30H28F2N4O4/c1-17-15-19(10-11-21(17)31)28-34-18(2)25(30(38)36(28)27-23(39-3)8-5-9-24(27)40-4)29(37)35-14-12-20(16-35)26-22(32)7-6-13-33-26/h5-11,13,15,20,37H,2,12,14,16H2,1,3-4H3. The molecule has 0 spiro atoms. The monoisotopic (exact) mass is 546 g/mol. The third-order valence-corrected chi connectivity index (χ3v) is 7.08. The Morgan fingerprint density at radius 3 is 2.45 bits per heavy atom. The molecule has 0 saturated carbocycles. The molecule has 0 bridgehead atoms. The maximum atomic E-state index is 14.4. The second-order valence-corrected chi connectivity index (χ2v) is 9.50. The maximum absolute atomic E-state index is 14.4. The molecule has 1 aliphatic heterocycles. The van der Waals surface area contributed by atoms with Gasteiger partial charge in [-0.25, -0.2) is 13.8 Å². The van der Waals surface area contributed by atoms with Gasteiger partial charge in [0, 0.05) is 30.8 Å². The van der Waals surface area contributed by atoms with Crippen molar-refractivity contribution in [2.75, 3.05) is 27.3 Å². The molecule has 10 heteroatoms. The molecule has 5 rings (SSSR count). The lowest BCUT2D eigenvalue weighted by Gasteiger charge is -2.20. The first-order chi connectivity index (χ1) is 19.2. The van der Waals surface area contributed by atoms with Crippen molar-refractivity contribution in [3.8, 4) is 28.6 Å². The SMILES string of the molecule is C=c1nc(-c2ccc(F)c(C)c2)n(-c2c(OC)cccc2OC)c(=O)c1=C(O)N1CCC(c2ncccc2F)C1. The molecule has 4 aromatic rings. The molecule has 1 aliphatic rings. The molecule has 1 fully saturated rings. The molecule has 1 atom stereocenters. The number of nitrogens with zero attached hydrogens (tertiary/aromatic N) is 4. The number of halogens is 2. The molecule has 1 N–H and O–H groups in total. The minimum Gasteiger partial charge on any atom is -0.494 e. The van der Waals surface area contributed by atoms with Crippen LogP contribution in [-0.4, -0.2) is 51.9 Å². The predicted octanol–water partition coefficient (Wildman–Crippen LogP) is 3.42. The van der Waals surface area contributed by atoms with Gasteiger partial charge in [-0.3, -0.25) is 14.3 Å². The number of hydrogen-bond acceptors (Lipinski definition) is 7. The Morgan fingerprint density at radius 2 is 1.80 bits per heavy atom. The number of pyridine rings is 1. The predicted molar refractivity (Wildman–Crippen MR) is 147 cm³/mol. The average molecular weight is 547 g/mol. The number of para-hydroxylation sites is 1. The van der Waals surface area contributed by atoms with E-state index in [2.05, 4.69) is 16.5 Å². The van der Waals surface area contributed by atoms with Crippen LogP contribution in [0.4, 0.5) is 8.78 Å².